The molecule has 2 heteroatoms. The monoisotopic (exact) mass is 151 g/mol. The summed E-state index contributed by atoms with van der Waals surface area (Å²) in [4.78, 5) is 0. The van der Waals surface area contributed by atoms with Gasteiger partial charge in [-0.25, -0.2) is 0 Å². The first kappa shape index (κ1) is 9.85. The van der Waals surface area contributed by atoms with Crippen LogP contribution in [0.4, 0.5) is 0 Å². The van der Waals surface area contributed by atoms with Crippen molar-refractivity contribution in [1.82, 2.24) is 0 Å². The summed E-state index contributed by atoms with van der Waals surface area (Å²) < 4.78 is 0. The lowest BCUT2D eigenvalue weighted by molar-refractivity contribution is -0.593. The molecule has 0 aromatic heterocycles. The zero-order valence-corrected chi connectivity index (χ0v) is 7.17. The minimum absolute atomic E-state index is 0.957. The van der Waals surface area contributed by atoms with Gasteiger partial charge in [0, 0.05) is 0 Å². The van der Waals surface area contributed by atoms with E-state index in [1.54, 1.807) is 11.5 Å². The van der Waals surface area contributed by atoms with Gasteiger partial charge in [-0.15, -0.1) is 0 Å². The van der Waals surface area contributed by atoms with E-state index in [-0.39, 0.29) is 0 Å². The molecular formula is C9H15N2+. The fourth-order valence-electron chi connectivity index (χ4n) is 0.393. The maximum atomic E-state index is 4.12. The molecule has 0 aliphatic heterocycles. The lowest BCUT2D eigenvalue weighted by Gasteiger charge is -1.91. The van der Waals surface area contributed by atoms with Crippen LogP contribution in [0.3, 0.4) is 0 Å². The molecular weight excluding hydrogens is 136 g/mol. The number of quaternary nitrogens is 1. The van der Waals surface area contributed by atoms with Gasteiger partial charge in [0.2, 0.25) is 0 Å². The van der Waals surface area contributed by atoms with E-state index in [4.69, 9.17) is 0 Å². The second-order valence-corrected chi connectivity index (χ2v) is 2.26. The molecule has 0 amide bonds. The molecule has 2 nitrogen and oxygen atoms in total. The van der Waals surface area contributed by atoms with E-state index in [9.17, 15) is 0 Å². The van der Waals surface area contributed by atoms with Gasteiger partial charge < -0.3 is 0 Å². The van der Waals surface area contributed by atoms with Gasteiger partial charge in [0.25, 0.3) is 0 Å². The van der Waals surface area contributed by atoms with Crippen LogP contribution in [0.25, 0.3) is 0 Å². The van der Waals surface area contributed by atoms with E-state index in [2.05, 4.69) is 18.3 Å². The van der Waals surface area contributed by atoms with Crippen molar-refractivity contribution in [2.24, 2.45) is 5.10 Å². The first-order valence-electron chi connectivity index (χ1n) is 3.49. The zero-order valence-electron chi connectivity index (χ0n) is 7.17. The fraction of sp³-hybridized carbons (Fsp3) is 0.222. The third-order valence-corrected chi connectivity index (χ3v) is 1.22. The highest BCUT2D eigenvalue weighted by Gasteiger charge is 1.89. The first-order chi connectivity index (χ1) is 5.18. The Morgan fingerprint density at radius 3 is 2.55 bits per heavy atom. The Bertz CT molecular complexity index is 200. The third kappa shape index (κ3) is 5.30. The minimum atomic E-state index is 0.957. The minimum Gasteiger partial charge on any atom is -0.194 e. The smallest absolute Gasteiger partial charge is 0.119 e. The largest absolute Gasteiger partial charge is 0.194 e. The van der Waals surface area contributed by atoms with Crippen LogP contribution >= 0.6 is 0 Å². The van der Waals surface area contributed by atoms with E-state index < -0.39 is 0 Å². The standard InChI is InChI=1S/C9H14N2/c1-5-6-7-10-11-9(4)8(2)3/h5-7,10H,1-2H2,3-4H3/p+1/b7-6+,11-9-. The van der Waals surface area contributed by atoms with Gasteiger partial charge in [0.05, 0.1) is 5.71 Å². The van der Waals surface area contributed by atoms with Crippen molar-refractivity contribution in [3.05, 3.63) is 37.1 Å². The molecule has 0 saturated heterocycles. The lowest BCUT2D eigenvalue weighted by Crippen LogP contribution is -2.71. The number of hydrogen-bond acceptors (Lipinski definition) is 1. The Labute approximate surface area is 68.0 Å². The molecule has 0 saturated carbocycles. The van der Waals surface area contributed by atoms with Crippen LogP contribution in [0.5, 0.6) is 0 Å². The number of nitrogens with zero attached hydrogens (tertiary/aromatic N) is 1. The molecule has 11 heavy (non-hydrogen) atoms. The van der Waals surface area contributed by atoms with Gasteiger partial charge >= 0.3 is 0 Å². The molecule has 0 heterocycles. The van der Waals surface area contributed by atoms with Crippen molar-refractivity contribution in [3.63, 3.8) is 0 Å². The molecule has 0 aromatic rings. The molecule has 0 aliphatic carbocycles. The number of hydrogen-bond donors (Lipinski definition) is 1. The Kier molecular flexibility index (Phi) is 5.03. The summed E-state index contributed by atoms with van der Waals surface area (Å²) in [6.07, 6.45) is 5.37. The summed E-state index contributed by atoms with van der Waals surface area (Å²) >= 11 is 0. The quantitative estimate of drug-likeness (QED) is 0.271. The van der Waals surface area contributed by atoms with Crippen LogP contribution in [-0.2, 0) is 0 Å². The van der Waals surface area contributed by atoms with E-state index in [1.165, 1.54) is 0 Å². The maximum absolute atomic E-state index is 4.12. The van der Waals surface area contributed by atoms with Crippen LogP contribution < -0.4 is 5.43 Å². The highest BCUT2D eigenvalue weighted by Crippen LogP contribution is 1.87. The molecule has 0 aromatic carbocycles. The van der Waals surface area contributed by atoms with Crippen molar-refractivity contribution in [2.75, 3.05) is 0 Å². The molecule has 0 radical (unpaired) electrons. The normalized spacial score (nSPS) is 12.0. The highest BCUT2D eigenvalue weighted by molar-refractivity contribution is 5.96. The Balaban J connectivity index is 3.83. The Hall–Kier alpha value is -1.15. The molecule has 0 spiro atoms. The van der Waals surface area contributed by atoms with Crippen molar-refractivity contribution >= 4 is 5.71 Å². The molecule has 0 bridgehead atoms. The van der Waals surface area contributed by atoms with Crippen LogP contribution in [0.2, 0.25) is 0 Å². The lowest BCUT2D eigenvalue weighted by atomic mass is 10.2. The van der Waals surface area contributed by atoms with E-state index in [0.29, 0.717) is 0 Å². The first-order valence-corrected chi connectivity index (χ1v) is 3.49. The second kappa shape index (κ2) is 5.62. The topological polar surface area (TPSA) is 29.0 Å². The highest BCUT2D eigenvalue weighted by atomic mass is 15.3. The van der Waals surface area contributed by atoms with Crippen molar-refractivity contribution in [3.8, 4) is 0 Å². The van der Waals surface area contributed by atoms with Crippen molar-refractivity contribution in [1.29, 1.82) is 0 Å². The Morgan fingerprint density at radius 2 is 2.09 bits per heavy atom. The third-order valence-electron chi connectivity index (χ3n) is 1.22. The van der Waals surface area contributed by atoms with Crippen LogP contribution in [-0.4, -0.2) is 5.71 Å². The van der Waals surface area contributed by atoms with Gasteiger partial charge in [-0.3, -0.25) is 0 Å². The predicted octanol–water partition coefficient (Wildman–Crippen LogP) is 1.20. The summed E-state index contributed by atoms with van der Waals surface area (Å²) in [6.45, 7) is 11.2. The SMILES string of the molecule is C=C/C=C/[NH2+]/N=C(/C)C(=C)C. The van der Waals surface area contributed by atoms with Gasteiger partial charge in [0.15, 0.2) is 0 Å². The van der Waals surface area contributed by atoms with Gasteiger partial charge in [-0.05, 0) is 25.5 Å². The summed E-state index contributed by atoms with van der Waals surface area (Å²) in [5.41, 5.74) is 3.68. The molecule has 60 valence electrons. The molecule has 0 atom stereocenters. The van der Waals surface area contributed by atoms with Crippen LogP contribution in [0, 0.1) is 0 Å². The number of nitrogens with two attached hydrogens (primary N) is 1. The molecule has 2 N–H and O–H groups in total. The van der Waals surface area contributed by atoms with Gasteiger partial charge in [-0.1, -0.05) is 24.3 Å². The average Bonchev–Trinajstić information content (AvgIpc) is 1.97. The van der Waals surface area contributed by atoms with Gasteiger partial charge in [-0.2, -0.15) is 5.43 Å². The van der Waals surface area contributed by atoms with Crippen molar-refractivity contribution < 1.29 is 5.43 Å². The van der Waals surface area contributed by atoms with Crippen LogP contribution in [0.1, 0.15) is 13.8 Å². The van der Waals surface area contributed by atoms with E-state index >= 15 is 0 Å². The molecule has 0 aliphatic rings. The molecule has 0 unspecified atom stereocenters. The van der Waals surface area contributed by atoms with E-state index in [1.807, 2.05) is 26.1 Å². The zero-order chi connectivity index (χ0) is 8.69. The number of allylic oxidation sites excluding steroid dienone is 3. The van der Waals surface area contributed by atoms with Crippen LogP contribution in [0.15, 0.2) is 42.2 Å². The summed E-state index contributed by atoms with van der Waals surface area (Å²) in [6, 6.07) is 0. The van der Waals surface area contributed by atoms with Crippen molar-refractivity contribution in [2.45, 2.75) is 13.8 Å². The maximum Gasteiger partial charge on any atom is 0.119 e. The average molecular weight is 151 g/mol. The predicted molar refractivity (Wildman–Crippen MR) is 49.2 cm³/mol. The molecule has 0 fully saturated rings. The van der Waals surface area contributed by atoms with Gasteiger partial charge in [0.1, 0.15) is 6.20 Å². The molecule has 0 rings (SSSR count). The summed E-state index contributed by atoms with van der Waals surface area (Å²) in [5.74, 6) is 0. The summed E-state index contributed by atoms with van der Waals surface area (Å²) in [7, 11) is 0. The Morgan fingerprint density at radius 1 is 1.45 bits per heavy atom. The fourth-order valence-corrected chi connectivity index (χ4v) is 0.393. The van der Waals surface area contributed by atoms with E-state index in [0.717, 1.165) is 11.3 Å². The summed E-state index contributed by atoms with van der Waals surface area (Å²) in [5, 5.41) is 4.12. The number of rotatable bonds is 4. The second-order valence-electron chi connectivity index (χ2n) is 2.26.